The van der Waals surface area contributed by atoms with E-state index in [1.165, 1.54) is 353 Å². The molecule has 0 bridgehead atoms. The smallest absolute Gasteiger partial charge is 0.306 e. The third-order valence-corrected chi connectivity index (χ3v) is 18.1. The van der Waals surface area contributed by atoms with E-state index in [-0.39, 0.29) is 32.2 Å². The second-order valence-electron chi connectivity index (χ2n) is 28.0. The number of aliphatic carboxylic acids is 1. The third-order valence-electron chi connectivity index (χ3n) is 18.1. The van der Waals surface area contributed by atoms with Crippen molar-refractivity contribution in [3.8, 4) is 0 Å². The molecule has 0 spiro atoms. The van der Waals surface area contributed by atoms with E-state index in [2.05, 4.69) is 13.8 Å². The number of nitrogens with zero attached hydrogens (tertiary/aromatic N) is 1. The zero-order valence-corrected chi connectivity index (χ0v) is 58.7. The lowest BCUT2D eigenvalue weighted by Crippen LogP contribution is -2.44. The van der Waals surface area contributed by atoms with Crippen molar-refractivity contribution in [2.24, 2.45) is 0 Å². The average molecular weight is 1220 g/mol. The van der Waals surface area contributed by atoms with Crippen LogP contribution < -0.4 is 5.11 Å². The Kier molecular flexibility index (Phi) is 67.8. The molecule has 0 N–H and O–H groups in total. The van der Waals surface area contributed by atoms with Gasteiger partial charge in [-0.2, -0.15) is 0 Å². The van der Waals surface area contributed by atoms with E-state index in [0.29, 0.717) is 17.4 Å². The van der Waals surface area contributed by atoms with E-state index < -0.39 is 24.3 Å². The molecule has 2 atom stereocenters. The number of rotatable bonds is 74. The molecule has 0 saturated heterocycles. The van der Waals surface area contributed by atoms with Crippen molar-refractivity contribution in [2.75, 3.05) is 47.5 Å². The number of likely N-dealkylation sites (N-methyl/N-ethyl adjacent to an activating group) is 1. The first-order valence-electron chi connectivity index (χ1n) is 38.7. The summed E-state index contributed by atoms with van der Waals surface area (Å²) in [5.41, 5.74) is 0. The summed E-state index contributed by atoms with van der Waals surface area (Å²) >= 11 is 0. The Morgan fingerprint density at radius 2 is 0.523 bits per heavy atom. The fourth-order valence-corrected chi connectivity index (χ4v) is 12.2. The number of ether oxygens (including phenoxy) is 4. The van der Waals surface area contributed by atoms with Gasteiger partial charge in [-0.3, -0.25) is 9.59 Å². The van der Waals surface area contributed by atoms with Crippen LogP contribution in [0, 0.1) is 0 Å². The van der Waals surface area contributed by atoms with Gasteiger partial charge < -0.3 is 33.3 Å². The zero-order valence-electron chi connectivity index (χ0n) is 58.7. The molecule has 0 saturated carbocycles. The highest BCUT2D eigenvalue weighted by Gasteiger charge is 2.22. The first kappa shape index (κ1) is 84.3. The highest BCUT2D eigenvalue weighted by molar-refractivity contribution is 5.70. The van der Waals surface area contributed by atoms with Gasteiger partial charge in [0.25, 0.3) is 0 Å². The van der Waals surface area contributed by atoms with Crippen molar-refractivity contribution >= 4 is 17.9 Å². The maximum atomic E-state index is 13.0. The van der Waals surface area contributed by atoms with Crippen LogP contribution in [0.1, 0.15) is 418 Å². The number of carboxylic acid groups (broad SMARTS) is 1. The van der Waals surface area contributed by atoms with Crippen LogP contribution in [0.25, 0.3) is 0 Å². The predicted molar refractivity (Wildman–Crippen MR) is 367 cm³/mol. The summed E-state index contributed by atoms with van der Waals surface area (Å²) in [5.74, 6) is -2.24. The number of hydrogen-bond acceptors (Lipinski definition) is 8. The lowest BCUT2D eigenvalue weighted by atomic mass is 10.0. The number of quaternary nitrogens is 1. The molecule has 0 rings (SSSR count). The normalized spacial score (nSPS) is 12.5. The quantitative estimate of drug-likeness (QED) is 0.0256. The third kappa shape index (κ3) is 69.8. The zero-order chi connectivity index (χ0) is 62.6. The first-order chi connectivity index (χ1) is 42.1. The van der Waals surface area contributed by atoms with E-state index in [0.717, 1.165) is 38.5 Å². The lowest BCUT2D eigenvalue weighted by molar-refractivity contribution is -0.870. The summed E-state index contributed by atoms with van der Waals surface area (Å²) in [7, 11) is 5.96. The molecule has 0 aliphatic rings. The number of carbonyl (C=O) groups is 3. The van der Waals surface area contributed by atoms with E-state index in [1.54, 1.807) is 0 Å². The van der Waals surface area contributed by atoms with Crippen LogP contribution in [0.4, 0.5) is 0 Å². The summed E-state index contributed by atoms with van der Waals surface area (Å²) in [6, 6.07) is 0. The molecule has 0 aromatic rings. The molecule has 0 fully saturated rings. The van der Waals surface area contributed by atoms with Gasteiger partial charge in [0.05, 0.1) is 40.3 Å². The standard InChI is InChI=1S/C77H151NO8/c1-6-8-10-12-14-16-18-20-22-24-26-28-30-32-34-36-37-38-40-42-44-46-48-50-52-54-56-58-60-62-64-66-68-75(80)86-73(72-85-77(76(81)82)83-70-69-78(3,4)5)71-84-74(79)67-65-63-61-59-57-55-53-51-49-47-45-43-41-39-35-33-31-29-27-25-23-21-19-17-15-13-11-9-7-2/h73,77H,6-72H2,1-5H3. The minimum absolute atomic E-state index is 0.154. The van der Waals surface area contributed by atoms with Gasteiger partial charge in [0.15, 0.2) is 12.4 Å². The Hall–Kier alpha value is -1.71. The van der Waals surface area contributed by atoms with Gasteiger partial charge >= 0.3 is 11.9 Å². The molecule has 0 aromatic carbocycles. The molecule has 9 heteroatoms. The Balaban J connectivity index is 3.98. The largest absolute Gasteiger partial charge is 0.545 e. The van der Waals surface area contributed by atoms with E-state index in [9.17, 15) is 19.5 Å². The SMILES string of the molecule is CCCCCCCCCCCCCCCCCCCCCCCCCCCCCCCCCCC(=O)OC(COC(=O)CCCCCCCCCCCCCCCCCCCCCCCCCCCCCCC)COC(OCC[N+](C)(C)C)C(=O)[O-]. The molecule has 0 heterocycles. The van der Waals surface area contributed by atoms with Crippen molar-refractivity contribution in [1.82, 2.24) is 0 Å². The molecule has 86 heavy (non-hydrogen) atoms. The topological polar surface area (TPSA) is 111 Å². The Morgan fingerprint density at radius 3 is 0.744 bits per heavy atom. The second kappa shape index (κ2) is 69.2. The number of hydrogen-bond donors (Lipinski definition) is 0. The van der Waals surface area contributed by atoms with Gasteiger partial charge in [0, 0.05) is 12.8 Å². The number of carbonyl (C=O) groups excluding carboxylic acids is 3. The molecule has 0 radical (unpaired) electrons. The molecule has 2 unspecified atom stereocenters. The second-order valence-corrected chi connectivity index (χ2v) is 28.0. The Morgan fingerprint density at radius 1 is 0.302 bits per heavy atom. The van der Waals surface area contributed by atoms with Crippen molar-refractivity contribution in [3.05, 3.63) is 0 Å². The van der Waals surface area contributed by atoms with Crippen LogP contribution in [0.3, 0.4) is 0 Å². The van der Waals surface area contributed by atoms with E-state index in [1.807, 2.05) is 21.1 Å². The predicted octanol–water partition coefficient (Wildman–Crippen LogP) is 22.9. The fourth-order valence-electron chi connectivity index (χ4n) is 12.2. The maximum absolute atomic E-state index is 13.0. The molecule has 0 aromatic heterocycles. The highest BCUT2D eigenvalue weighted by Crippen LogP contribution is 2.20. The van der Waals surface area contributed by atoms with Gasteiger partial charge in [0.1, 0.15) is 13.2 Å². The number of unbranched alkanes of at least 4 members (excludes halogenated alkanes) is 59. The maximum Gasteiger partial charge on any atom is 0.306 e. The van der Waals surface area contributed by atoms with Crippen molar-refractivity contribution < 1.29 is 42.9 Å². The van der Waals surface area contributed by atoms with E-state index in [4.69, 9.17) is 18.9 Å². The van der Waals surface area contributed by atoms with Gasteiger partial charge in [-0.1, -0.05) is 393 Å². The molecule has 9 nitrogen and oxygen atoms in total. The lowest BCUT2D eigenvalue weighted by Gasteiger charge is -2.26. The molecule has 512 valence electrons. The van der Waals surface area contributed by atoms with Gasteiger partial charge in [-0.15, -0.1) is 0 Å². The van der Waals surface area contributed by atoms with Gasteiger partial charge in [0.2, 0.25) is 0 Å². The fraction of sp³-hybridized carbons (Fsp3) is 0.961. The van der Waals surface area contributed by atoms with E-state index >= 15 is 0 Å². The van der Waals surface area contributed by atoms with Crippen molar-refractivity contribution in [3.63, 3.8) is 0 Å². The van der Waals surface area contributed by atoms with Crippen LogP contribution in [0.5, 0.6) is 0 Å². The van der Waals surface area contributed by atoms with Crippen LogP contribution in [0.15, 0.2) is 0 Å². The van der Waals surface area contributed by atoms with Gasteiger partial charge in [-0.05, 0) is 12.8 Å². The molecule has 0 amide bonds. The summed E-state index contributed by atoms with van der Waals surface area (Å²) in [4.78, 5) is 37.6. The van der Waals surface area contributed by atoms with Crippen molar-refractivity contribution in [2.45, 2.75) is 431 Å². The summed E-state index contributed by atoms with van der Waals surface area (Å²) in [6.45, 7) is 4.85. The van der Waals surface area contributed by atoms with Crippen LogP contribution in [-0.2, 0) is 33.3 Å². The molecular formula is C77H151NO8. The summed E-state index contributed by atoms with van der Waals surface area (Å²) in [5, 5.41) is 11.8. The average Bonchev–Trinajstić information content (AvgIpc) is 3.60. The monoisotopic (exact) mass is 1220 g/mol. The van der Waals surface area contributed by atoms with Crippen LogP contribution in [-0.4, -0.2) is 82.3 Å². The van der Waals surface area contributed by atoms with Crippen LogP contribution >= 0.6 is 0 Å². The molecule has 0 aliphatic heterocycles. The summed E-state index contributed by atoms with van der Waals surface area (Å²) < 4.78 is 22.9. The van der Waals surface area contributed by atoms with Crippen molar-refractivity contribution in [1.29, 1.82) is 0 Å². The molecule has 0 aliphatic carbocycles. The Labute approximate surface area is 536 Å². The number of carboxylic acids is 1. The van der Waals surface area contributed by atoms with Gasteiger partial charge in [-0.25, -0.2) is 0 Å². The Bertz CT molecular complexity index is 1370. The number of esters is 2. The minimum Gasteiger partial charge on any atom is -0.545 e. The highest BCUT2D eigenvalue weighted by atomic mass is 16.7. The summed E-state index contributed by atoms with van der Waals surface area (Å²) in [6.07, 6.45) is 80.8. The molecular weight excluding hydrogens is 1070 g/mol. The first-order valence-corrected chi connectivity index (χ1v) is 38.7. The minimum atomic E-state index is -1.62. The van der Waals surface area contributed by atoms with Crippen LogP contribution in [0.2, 0.25) is 0 Å².